The first-order chi connectivity index (χ1) is 11.1. The Morgan fingerprint density at radius 3 is 2.71 bits per heavy atom. The van der Waals surface area contributed by atoms with Crippen LogP contribution in [0.25, 0.3) is 0 Å². The molecule has 2 fully saturated rings. The van der Waals surface area contributed by atoms with E-state index in [0.29, 0.717) is 19.6 Å². The Bertz CT molecular complexity index is 582. The minimum atomic E-state index is -0.295. The number of nitrogens with zero attached hydrogens (tertiary/aromatic N) is 2. The van der Waals surface area contributed by atoms with Gasteiger partial charge in [0.2, 0.25) is 11.8 Å². The summed E-state index contributed by atoms with van der Waals surface area (Å²) in [6, 6.07) is 6.17. The first kappa shape index (κ1) is 18.7. The average molecular weight is 356 g/mol. The molecule has 0 aromatic heterocycles. The molecule has 2 heterocycles. The lowest BCUT2D eigenvalue weighted by Gasteiger charge is -2.41. The van der Waals surface area contributed by atoms with Gasteiger partial charge < -0.3 is 15.1 Å². The van der Waals surface area contributed by atoms with Crippen molar-refractivity contribution in [1.82, 2.24) is 15.1 Å². The van der Waals surface area contributed by atoms with Gasteiger partial charge in [0.1, 0.15) is 5.82 Å². The molecule has 1 unspecified atom stereocenters. The number of piperazine rings is 1. The van der Waals surface area contributed by atoms with Crippen LogP contribution in [0.3, 0.4) is 0 Å². The molecular formula is C17H23ClFN3O2. The number of amides is 2. The van der Waals surface area contributed by atoms with Crippen molar-refractivity contribution in [3.05, 3.63) is 35.6 Å². The van der Waals surface area contributed by atoms with Crippen LogP contribution in [0.4, 0.5) is 4.39 Å². The van der Waals surface area contributed by atoms with Crippen molar-refractivity contribution in [2.45, 2.75) is 25.3 Å². The summed E-state index contributed by atoms with van der Waals surface area (Å²) >= 11 is 0. The maximum atomic E-state index is 12.9. The Morgan fingerprint density at radius 2 is 2.00 bits per heavy atom. The van der Waals surface area contributed by atoms with Crippen molar-refractivity contribution in [1.29, 1.82) is 0 Å². The number of hydrogen-bond donors (Lipinski definition) is 1. The number of likely N-dealkylation sites (tertiary alicyclic amines) is 1. The Labute approximate surface area is 147 Å². The molecule has 1 N–H and O–H groups in total. The van der Waals surface area contributed by atoms with Gasteiger partial charge in [0.05, 0.1) is 13.0 Å². The van der Waals surface area contributed by atoms with Gasteiger partial charge in [0.25, 0.3) is 0 Å². The lowest BCUT2D eigenvalue weighted by Crippen LogP contribution is -2.57. The summed E-state index contributed by atoms with van der Waals surface area (Å²) in [5.74, 6) is -0.130. The van der Waals surface area contributed by atoms with Crippen molar-refractivity contribution in [2.75, 3.05) is 32.7 Å². The van der Waals surface area contributed by atoms with Gasteiger partial charge in [-0.05, 0) is 30.5 Å². The molecule has 2 aliphatic rings. The van der Waals surface area contributed by atoms with Crippen molar-refractivity contribution in [2.24, 2.45) is 0 Å². The maximum Gasteiger partial charge on any atom is 0.236 e. The third kappa shape index (κ3) is 4.45. The van der Waals surface area contributed by atoms with Crippen LogP contribution in [0, 0.1) is 5.82 Å². The summed E-state index contributed by atoms with van der Waals surface area (Å²) in [5.41, 5.74) is 0.816. The average Bonchev–Trinajstić information content (AvgIpc) is 2.57. The summed E-state index contributed by atoms with van der Waals surface area (Å²) in [7, 11) is 0. The van der Waals surface area contributed by atoms with Gasteiger partial charge in [-0.2, -0.15) is 0 Å². The van der Waals surface area contributed by atoms with Crippen LogP contribution in [-0.4, -0.2) is 60.4 Å². The van der Waals surface area contributed by atoms with Crippen LogP contribution >= 0.6 is 12.4 Å². The van der Waals surface area contributed by atoms with Crippen LogP contribution < -0.4 is 5.32 Å². The normalized spacial score (nSPS) is 21.4. The molecule has 5 nitrogen and oxygen atoms in total. The van der Waals surface area contributed by atoms with E-state index in [4.69, 9.17) is 0 Å². The maximum absolute atomic E-state index is 12.9. The molecular weight excluding hydrogens is 333 g/mol. The smallest absolute Gasteiger partial charge is 0.236 e. The second kappa shape index (κ2) is 8.44. The van der Waals surface area contributed by atoms with Gasteiger partial charge in [-0.25, -0.2) is 4.39 Å². The number of halogens is 2. The third-order valence-corrected chi connectivity index (χ3v) is 4.58. The minimum absolute atomic E-state index is 0. The van der Waals surface area contributed by atoms with E-state index in [1.807, 2.05) is 9.80 Å². The van der Waals surface area contributed by atoms with Crippen LogP contribution in [0.2, 0.25) is 0 Å². The highest BCUT2D eigenvalue weighted by atomic mass is 35.5. The largest absolute Gasteiger partial charge is 0.340 e. The zero-order valence-electron chi connectivity index (χ0n) is 13.5. The highest BCUT2D eigenvalue weighted by Gasteiger charge is 2.31. The lowest BCUT2D eigenvalue weighted by atomic mass is 10.0. The molecule has 24 heavy (non-hydrogen) atoms. The van der Waals surface area contributed by atoms with E-state index in [1.165, 1.54) is 12.1 Å². The van der Waals surface area contributed by atoms with E-state index in [1.54, 1.807) is 12.1 Å². The predicted molar refractivity (Wildman–Crippen MR) is 91.5 cm³/mol. The molecule has 2 aliphatic heterocycles. The molecule has 3 rings (SSSR count). The SMILES string of the molecule is Cl.O=C(Cc1ccc(F)cc1)N1CCCC(N2CCNCC2=O)C1. The number of carbonyl (C=O) groups is 2. The fraction of sp³-hybridized carbons (Fsp3) is 0.529. The van der Waals surface area contributed by atoms with Gasteiger partial charge >= 0.3 is 0 Å². The van der Waals surface area contributed by atoms with Gasteiger partial charge in [0.15, 0.2) is 0 Å². The standard InChI is InChI=1S/C17H22FN3O2.ClH/c18-14-5-3-13(4-6-14)10-16(22)20-8-1-2-15(12-20)21-9-7-19-11-17(21)23;/h3-6,15,19H,1-2,7-12H2;1H. The van der Waals surface area contributed by atoms with Gasteiger partial charge in [-0.15, -0.1) is 12.4 Å². The van der Waals surface area contributed by atoms with Gasteiger partial charge in [-0.3, -0.25) is 9.59 Å². The van der Waals surface area contributed by atoms with E-state index in [0.717, 1.165) is 31.5 Å². The van der Waals surface area contributed by atoms with Crippen LogP contribution in [0.15, 0.2) is 24.3 Å². The first-order valence-electron chi connectivity index (χ1n) is 8.16. The monoisotopic (exact) mass is 355 g/mol. The summed E-state index contributed by atoms with van der Waals surface area (Å²) in [6.07, 6.45) is 2.14. The second-order valence-electron chi connectivity index (χ2n) is 6.20. The minimum Gasteiger partial charge on any atom is -0.340 e. The number of piperidine rings is 1. The summed E-state index contributed by atoms with van der Waals surface area (Å²) in [4.78, 5) is 28.2. The number of carbonyl (C=O) groups excluding carboxylic acids is 2. The van der Waals surface area contributed by atoms with Crippen LogP contribution in [-0.2, 0) is 16.0 Å². The van der Waals surface area contributed by atoms with Crippen molar-refractivity contribution in [3.63, 3.8) is 0 Å². The molecule has 0 aliphatic carbocycles. The third-order valence-electron chi connectivity index (χ3n) is 4.58. The van der Waals surface area contributed by atoms with Crippen LogP contribution in [0.5, 0.6) is 0 Å². The van der Waals surface area contributed by atoms with Crippen LogP contribution in [0.1, 0.15) is 18.4 Å². The molecule has 0 bridgehead atoms. The quantitative estimate of drug-likeness (QED) is 0.886. The second-order valence-corrected chi connectivity index (χ2v) is 6.20. The van der Waals surface area contributed by atoms with Crippen molar-refractivity contribution >= 4 is 24.2 Å². The Morgan fingerprint density at radius 1 is 1.25 bits per heavy atom. The predicted octanol–water partition coefficient (Wildman–Crippen LogP) is 1.21. The summed E-state index contributed by atoms with van der Waals surface area (Å²) in [6.45, 7) is 3.25. The fourth-order valence-electron chi connectivity index (χ4n) is 3.33. The van der Waals surface area contributed by atoms with Gasteiger partial charge in [0, 0.05) is 32.2 Å². The molecule has 1 aromatic carbocycles. The van der Waals surface area contributed by atoms with E-state index in [9.17, 15) is 14.0 Å². The van der Waals surface area contributed by atoms with E-state index < -0.39 is 0 Å². The number of benzene rings is 1. The highest BCUT2D eigenvalue weighted by molar-refractivity contribution is 5.85. The Balaban J connectivity index is 0.00000208. The fourth-order valence-corrected chi connectivity index (χ4v) is 3.33. The van der Waals surface area contributed by atoms with Crippen molar-refractivity contribution in [3.8, 4) is 0 Å². The molecule has 132 valence electrons. The Kier molecular flexibility index (Phi) is 6.57. The van der Waals surface area contributed by atoms with E-state index in [2.05, 4.69) is 5.32 Å². The molecule has 2 amide bonds. The number of hydrogen-bond acceptors (Lipinski definition) is 3. The molecule has 1 aromatic rings. The molecule has 0 radical (unpaired) electrons. The zero-order valence-corrected chi connectivity index (χ0v) is 14.4. The zero-order chi connectivity index (χ0) is 16.2. The first-order valence-corrected chi connectivity index (χ1v) is 8.16. The van der Waals surface area contributed by atoms with E-state index >= 15 is 0 Å². The summed E-state index contributed by atoms with van der Waals surface area (Å²) < 4.78 is 12.9. The number of nitrogens with one attached hydrogen (secondary N) is 1. The van der Waals surface area contributed by atoms with Gasteiger partial charge in [-0.1, -0.05) is 12.1 Å². The Hall–Kier alpha value is -1.66. The molecule has 0 saturated carbocycles. The highest BCUT2D eigenvalue weighted by Crippen LogP contribution is 2.18. The molecule has 7 heteroatoms. The number of rotatable bonds is 3. The lowest BCUT2D eigenvalue weighted by molar-refractivity contribution is -0.140. The summed E-state index contributed by atoms with van der Waals surface area (Å²) in [5, 5.41) is 3.07. The molecule has 0 spiro atoms. The molecule has 2 saturated heterocycles. The molecule has 1 atom stereocenters. The van der Waals surface area contributed by atoms with Crippen molar-refractivity contribution < 1.29 is 14.0 Å². The topological polar surface area (TPSA) is 52.7 Å². The van der Waals surface area contributed by atoms with E-state index in [-0.39, 0.29) is 42.5 Å².